The molecule has 3 nitrogen and oxygen atoms in total. The van der Waals surface area contributed by atoms with E-state index in [9.17, 15) is 13.2 Å². The van der Waals surface area contributed by atoms with Crippen LogP contribution in [-0.4, -0.2) is 27.4 Å². The lowest BCUT2D eigenvalue weighted by molar-refractivity contribution is -0.132. The summed E-state index contributed by atoms with van der Waals surface area (Å²) in [6.07, 6.45) is -1.13. The van der Waals surface area contributed by atoms with E-state index in [0.29, 0.717) is 11.8 Å². The van der Waals surface area contributed by atoms with Gasteiger partial charge in [-0.15, -0.1) is 0 Å². The van der Waals surface area contributed by atoms with Crippen LogP contribution in [0.25, 0.3) is 0 Å². The molecule has 0 saturated carbocycles. The lowest BCUT2D eigenvalue weighted by atomic mass is 10.1. The van der Waals surface area contributed by atoms with Crippen molar-refractivity contribution in [3.63, 3.8) is 0 Å². The first-order chi connectivity index (χ1) is 7.84. The minimum atomic E-state index is -4.35. The summed E-state index contributed by atoms with van der Waals surface area (Å²) in [6.45, 7) is 3.40. The van der Waals surface area contributed by atoms with Gasteiger partial charge in [-0.25, -0.2) is 9.97 Å². The van der Waals surface area contributed by atoms with Crippen LogP contribution in [0.3, 0.4) is 0 Å². The summed E-state index contributed by atoms with van der Waals surface area (Å²) in [4.78, 5) is 7.69. The van der Waals surface area contributed by atoms with E-state index in [1.165, 1.54) is 12.4 Å². The molecule has 0 radical (unpaired) electrons. The summed E-state index contributed by atoms with van der Waals surface area (Å²) in [5.74, 6) is 0. The fourth-order valence-corrected chi connectivity index (χ4v) is 2.12. The number of rotatable bonds is 4. The predicted molar refractivity (Wildman–Crippen MR) is 60.7 cm³/mol. The lowest BCUT2D eigenvalue weighted by Gasteiger charge is -2.23. The van der Waals surface area contributed by atoms with Crippen LogP contribution >= 0.6 is 11.8 Å². The number of thioether (sulfide) groups is 1. The second-order valence-electron chi connectivity index (χ2n) is 3.70. The quantitative estimate of drug-likeness (QED) is 0.671. The molecular formula is C10H14F3N3S. The first kappa shape index (κ1) is 14.2. The fraction of sp³-hybridized carbons (Fsp3) is 0.600. The van der Waals surface area contributed by atoms with Gasteiger partial charge in [0.2, 0.25) is 0 Å². The summed E-state index contributed by atoms with van der Waals surface area (Å²) in [7, 11) is 0. The maximum absolute atomic E-state index is 12.8. The molecule has 2 N–H and O–H groups in total. The molecule has 2 unspecified atom stereocenters. The van der Waals surface area contributed by atoms with Gasteiger partial charge in [0.05, 0.1) is 0 Å². The molecule has 2 atom stereocenters. The Bertz CT molecular complexity index is 353. The molecule has 0 saturated heterocycles. The largest absolute Gasteiger partial charge is 0.402 e. The molecule has 0 aromatic carbocycles. The first-order valence-electron chi connectivity index (χ1n) is 5.12. The van der Waals surface area contributed by atoms with Crippen LogP contribution in [0, 0.1) is 6.92 Å². The van der Waals surface area contributed by atoms with Gasteiger partial charge in [0.25, 0.3) is 0 Å². The van der Waals surface area contributed by atoms with Gasteiger partial charge in [-0.3, -0.25) is 0 Å². The van der Waals surface area contributed by atoms with Crippen molar-refractivity contribution in [2.24, 2.45) is 5.73 Å². The van der Waals surface area contributed by atoms with Crippen molar-refractivity contribution >= 4 is 11.8 Å². The zero-order chi connectivity index (χ0) is 13.1. The van der Waals surface area contributed by atoms with Gasteiger partial charge in [-0.1, -0.05) is 18.7 Å². The number of hydrogen-bond acceptors (Lipinski definition) is 4. The third-order valence-electron chi connectivity index (χ3n) is 2.17. The highest BCUT2D eigenvalue weighted by Crippen LogP contribution is 2.35. The van der Waals surface area contributed by atoms with E-state index in [4.69, 9.17) is 5.73 Å². The van der Waals surface area contributed by atoms with Crippen molar-refractivity contribution in [2.45, 2.75) is 42.9 Å². The summed E-state index contributed by atoms with van der Waals surface area (Å²) >= 11 is 0.565. The molecule has 0 aliphatic rings. The summed E-state index contributed by atoms with van der Waals surface area (Å²) < 4.78 is 38.3. The van der Waals surface area contributed by atoms with Gasteiger partial charge in [0.1, 0.15) is 5.25 Å². The Hall–Kier alpha value is -0.820. The zero-order valence-corrected chi connectivity index (χ0v) is 10.3. The van der Waals surface area contributed by atoms with Crippen molar-refractivity contribution in [3.05, 3.63) is 18.0 Å². The smallest absolute Gasteiger partial charge is 0.326 e. The average Bonchev–Trinajstić information content (AvgIpc) is 2.25. The van der Waals surface area contributed by atoms with Gasteiger partial charge < -0.3 is 5.73 Å². The third-order valence-corrected chi connectivity index (χ3v) is 3.46. The maximum atomic E-state index is 12.8. The van der Waals surface area contributed by atoms with E-state index in [0.717, 1.165) is 5.56 Å². The number of alkyl halides is 3. The molecule has 0 aliphatic heterocycles. The second-order valence-corrected chi connectivity index (χ2v) is 4.80. The van der Waals surface area contributed by atoms with Crippen LogP contribution in [0.4, 0.5) is 13.2 Å². The van der Waals surface area contributed by atoms with Crippen molar-refractivity contribution in [1.82, 2.24) is 9.97 Å². The van der Waals surface area contributed by atoms with E-state index in [-0.39, 0.29) is 11.6 Å². The standard InChI is InChI=1S/C10H14F3N3S/c1-3-7(14)8(10(11,12)13)17-9-15-4-6(2)5-16-9/h4-5,7-8H,3,14H2,1-2H3. The molecule has 1 aromatic rings. The molecule has 96 valence electrons. The topological polar surface area (TPSA) is 51.8 Å². The van der Waals surface area contributed by atoms with Crippen LogP contribution in [0.2, 0.25) is 0 Å². The van der Waals surface area contributed by atoms with Crippen molar-refractivity contribution in [2.75, 3.05) is 0 Å². The van der Waals surface area contributed by atoms with E-state index in [2.05, 4.69) is 9.97 Å². The van der Waals surface area contributed by atoms with Crippen LogP contribution in [0.15, 0.2) is 17.6 Å². The Labute approximate surface area is 102 Å². The van der Waals surface area contributed by atoms with Crippen LogP contribution < -0.4 is 5.73 Å². The molecule has 0 bridgehead atoms. The maximum Gasteiger partial charge on any atom is 0.402 e. The van der Waals surface area contributed by atoms with Crippen molar-refractivity contribution < 1.29 is 13.2 Å². The minimum absolute atomic E-state index is 0.0989. The number of hydrogen-bond donors (Lipinski definition) is 1. The third kappa shape index (κ3) is 4.16. The average molecular weight is 265 g/mol. The molecule has 1 aromatic heterocycles. The number of nitrogens with zero attached hydrogens (tertiary/aromatic N) is 2. The highest BCUT2D eigenvalue weighted by molar-refractivity contribution is 7.99. The second kappa shape index (κ2) is 5.68. The monoisotopic (exact) mass is 265 g/mol. The number of nitrogens with two attached hydrogens (primary N) is 1. The van der Waals surface area contributed by atoms with E-state index in [1.54, 1.807) is 13.8 Å². The van der Waals surface area contributed by atoms with Crippen LogP contribution in [0.5, 0.6) is 0 Å². The molecule has 0 fully saturated rings. The Morgan fingerprint density at radius 1 is 1.35 bits per heavy atom. The Kier molecular flexibility index (Phi) is 4.76. The molecule has 1 rings (SSSR count). The lowest BCUT2D eigenvalue weighted by Crippen LogP contribution is -2.42. The Morgan fingerprint density at radius 2 is 1.88 bits per heavy atom. The van der Waals surface area contributed by atoms with Gasteiger partial charge in [-0.05, 0) is 18.9 Å². The number of aromatic nitrogens is 2. The molecule has 1 heterocycles. The first-order valence-corrected chi connectivity index (χ1v) is 6.00. The molecule has 0 spiro atoms. The minimum Gasteiger partial charge on any atom is -0.326 e. The highest BCUT2D eigenvalue weighted by Gasteiger charge is 2.44. The Balaban J connectivity index is 2.83. The summed E-state index contributed by atoms with van der Waals surface area (Å²) in [5, 5.41) is -1.57. The number of aryl methyl sites for hydroxylation is 1. The number of halogens is 3. The van der Waals surface area contributed by atoms with Crippen LogP contribution in [0.1, 0.15) is 18.9 Å². The van der Waals surface area contributed by atoms with Gasteiger partial charge in [-0.2, -0.15) is 13.2 Å². The van der Waals surface area contributed by atoms with Crippen molar-refractivity contribution in [3.8, 4) is 0 Å². The zero-order valence-electron chi connectivity index (χ0n) is 9.53. The van der Waals surface area contributed by atoms with E-state index >= 15 is 0 Å². The molecule has 7 heteroatoms. The summed E-state index contributed by atoms with van der Waals surface area (Å²) in [5.41, 5.74) is 6.29. The normalized spacial score (nSPS) is 15.6. The van der Waals surface area contributed by atoms with Gasteiger partial charge in [0.15, 0.2) is 5.16 Å². The van der Waals surface area contributed by atoms with Crippen LogP contribution in [-0.2, 0) is 0 Å². The summed E-state index contributed by atoms with van der Waals surface area (Å²) in [6, 6.07) is -0.954. The molecular weight excluding hydrogens is 251 g/mol. The SMILES string of the molecule is CCC(N)C(Sc1ncc(C)cn1)C(F)(F)F. The predicted octanol–water partition coefficient (Wildman–Crippen LogP) is 2.55. The Morgan fingerprint density at radius 3 is 2.29 bits per heavy atom. The molecule has 17 heavy (non-hydrogen) atoms. The van der Waals surface area contributed by atoms with Gasteiger partial charge in [0, 0.05) is 18.4 Å². The van der Waals surface area contributed by atoms with Gasteiger partial charge >= 0.3 is 6.18 Å². The van der Waals surface area contributed by atoms with Crippen molar-refractivity contribution in [1.29, 1.82) is 0 Å². The van der Waals surface area contributed by atoms with E-state index in [1.807, 2.05) is 0 Å². The fourth-order valence-electron chi connectivity index (χ4n) is 1.17. The highest BCUT2D eigenvalue weighted by atomic mass is 32.2. The molecule has 0 aliphatic carbocycles. The molecule has 0 amide bonds. The van der Waals surface area contributed by atoms with E-state index < -0.39 is 17.5 Å².